The number of benzene rings is 1. The van der Waals surface area contributed by atoms with Crippen molar-refractivity contribution in [3.05, 3.63) is 53.0 Å². The average molecular weight is 421 g/mol. The Bertz CT molecular complexity index is 957. The van der Waals surface area contributed by atoms with Crippen LogP contribution < -0.4 is 4.90 Å². The molecule has 3 heterocycles. The first-order chi connectivity index (χ1) is 14.9. The minimum absolute atomic E-state index is 0.0804. The van der Waals surface area contributed by atoms with E-state index >= 15 is 0 Å². The lowest BCUT2D eigenvalue weighted by atomic mass is 9.99. The minimum atomic E-state index is -0.101. The summed E-state index contributed by atoms with van der Waals surface area (Å²) in [4.78, 5) is 39.1. The van der Waals surface area contributed by atoms with Gasteiger partial charge in [0.2, 0.25) is 11.8 Å². The zero-order valence-electron chi connectivity index (χ0n) is 18.8. The van der Waals surface area contributed by atoms with Crippen LogP contribution in [-0.2, 0) is 22.4 Å². The second-order valence-electron chi connectivity index (χ2n) is 9.12. The van der Waals surface area contributed by atoms with Crippen LogP contribution in [-0.4, -0.2) is 39.8 Å². The highest BCUT2D eigenvalue weighted by Crippen LogP contribution is 2.35. The number of likely N-dealkylation sites (tertiary alicyclic amines) is 1. The molecule has 2 aliphatic rings. The van der Waals surface area contributed by atoms with E-state index in [1.165, 1.54) is 5.56 Å². The maximum Gasteiger partial charge on any atom is 0.232 e. The van der Waals surface area contributed by atoms with Crippen LogP contribution >= 0.6 is 0 Å². The van der Waals surface area contributed by atoms with Crippen molar-refractivity contribution in [1.82, 2.24) is 14.9 Å². The molecule has 0 bridgehead atoms. The molecular weight excluding hydrogens is 388 g/mol. The number of carbonyl (C=O) groups excluding carboxylic acids is 2. The van der Waals surface area contributed by atoms with Gasteiger partial charge in [-0.25, -0.2) is 9.97 Å². The molecular formula is C25H32N4O2. The van der Waals surface area contributed by atoms with E-state index in [0.717, 1.165) is 49.3 Å². The normalized spacial score (nSPS) is 18.6. The van der Waals surface area contributed by atoms with Crippen molar-refractivity contribution >= 4 is 17.6 Å². The topological polar surface area (TPSA) is 66.4 Å². The molecule has 1 aromatic heterocycles. The van der Waals surface area contributed by atoms with E-state index in [0.29, 0.717) is 31.1 Å². The Morgan fingerprint density at radius 1 is 1.16 bits per heavy atom. The van der Waals surface area contributed by atoms with Crippen molar-refractivity contribution in [3.8, 4) is 0 Å². The number of amides is 2. The van der Waals surface area contributed by atoms with Crippen LogP contribution in [0, 0.1) is 12.8 Å². The van der Waals surface area contributed by atoms with Gasteiger partial charge in [-0.1, -0.05) is 44.2 Å². The highest BCUT2D eigenvalue weighted by molar-refractivity contribution is 6.00. The fourth-order valence-corrected chi connectivity index (χ4v) is 4.63. The maximum atomic E-state index is 12.9. The largest absolute Gasteiger partial charge is 0.332 e. The Labute approximate surface area is 184 Å². The van der Waals surface area contributed by atoms with Gasteiger partial charge >= 0.3 is 0 Å². The van der Waals surface area contributed by atoms with E-state index < -0.39 is 0 Å². The van der Waals surface area contributed by atoms with E-state index in [-0.39, 0.29) is 17.9 Å². The Balaban J connectivity index is 1.60. The van der Waals surface area contributed by atoms with Gasteiger partial charge in [-0.2, -0.15) is 0 Å². The third-order valence-electron chi connectivity index (χ3n) is 6.27. The third-order valence-corrected chi connectivity index (χ3v) is 6.27. The molecule has 6 nitrogen and oxygen atoms in total. The molecule has 2 aromatic rings. The number of hydrogen-bond donors (Lipinski definition) is 0. The van der Waals surface area contributed by atoms with Gasteiger partial charge in [0.25, 0.3) is 0 Å². The number of carbonyl (C=O) groups is 2. The monoisotopic (exact) mass is 420 g/mol. The number of piperidine rings is 1. The van der Waals surface area contributed by atoms with Crippen LogP contribution in [0.1, 0.15) is 68.2 Å². The van der Waals surface area contributed by atoms with E-state index in [9.17, 15) is 9.59 Å². The summed E-state index contributed by atoms with van der Waals surface area (Å²) in [6.45, 7) is 7.46. The second-order valence-corrected chi connectivity index (χ2v) is 9.12. The highest BCUT2D eigenvalue weighted by atomic mass is 16.2. The summed E-state index contributed by atoms with van der Waals surface area (Å²) in [7, 11) is 0. The second kappa shape index (κ2) is 9.16. The smallest absolute Gasteiger partial charge is 0.232 e. The summed E-state index contributed by atoms with van der Waals surface area (Å²) in [6.07, 6.45) is 4.64. The number of anilines is 1. The predicted octanol–water partition coefficient (Wildman–Crippen LogP) is 4.02. The van der Waals surface area contributed by atoms with E-state index in [2.05, 4.69) is 26.0 Å². The van der Waals surface area contributed by atoms with Crippen molar-refractivity contribution in [3.63, 3.8) is 0 Å². The summed E-state index contributed by atoms with van der Waals surface area (Å²) in [5, 5.41) is 0. The summed E-state index contributed by atoms with van der Waals surface area (Å²) in [5.41, 5.74) is 2.99. The van der Waals surface area contributed by atoms with Gasteiger partial charge in [-0.3, -0.25) is 14.5 Å². The first-order valence-corrected chi connectivity index (χ1v) is 11.4. The molecule has 0 aliphatic carbocycles. The van der Waals surface area contributed by atoms with Gasteiger partial charge < -0.3 is 4.90 Å². The average Bonchev–Trinajstić information content (AvgIpc) is 3.08. The van der Waals surface area contributed by atoms with Crippen LogP contribution in [0.3, 0.4) is 0 Å². The highest BCUT2D eigenvalue weighted by Gasteiger charge is 2.35. The molecule has 1 aromatic carbocycles. The van der Waals surface area contributed by atoms with Crippen molar-refractivity contribution in [2.24, 2.45) is 5.92 Å². The summed E-state index contributed by atoms with van der Waals surface area (Å²) in [6, 6.07) is 10.1. The molecule has 2 aliphatic heterocycles. The molecule has 1 fully saturated rings. The Hall–Kier alpha value is -2.76. The fraction of sp³-hybridized carbons (Fsp3) is 0.520. The van der Waals surface area contributed by atoms with Gasteiger partial charge in [-0.15, -0.1) is 0 Å². The molecule has 0 N–H and O–H groups in total. The van der Waals surface area contributed by atoms with Gasteiger partial charge in [0, 0.05) is 30.8 Å². The van der Waals surface area contributed by atoms with Gasteiger partial charge in [-0.05, 0) is 44.1 Å². The van der Waals surface area contributed by atoms with Crippen molar-refractivity contribution < 1.29 is 9.59 Å². The predicted molar refractivity (Wildman–Crippen MR) is 121 cm³/mol. The quantitative estimate of drug-likeness (QED) is 0.708. The van der Waals surface area contributed by atoms with Crippen molar-refractivity contribution in [1.29, 1.82) is 0 Å². The first-order valence-electron chi connectivity index (χ1n) is 11.4. The van der Waals surface area contributed by atoms with E-state index in [1.807, 2.05) is 34.9 Å². The molecule has 0 spiro atoms. The number of nitrogens with zero attached hydrogens (tertiary/aromatic N) is 4. The standard InChI is InChI=1S/C25H32N4O2/c1-17(2)15-22(30)28-13-8-7-11-21(28)24-26-18(3)20-16-23(31)29(25(20)27-24)14-12-19-9-5-4-6-10-19/h4-6,9-10,17,21H,7-8,11-16H2,1-3H3. The zero-order chi connectivity index (χ0) is 22.0. The zero-order valence-corrected chi connectivity index (χ0v) is 18.8. The van der Waals surface area contributed by atoms with Crippen LogP contribution in [0.2, 0.25) is 0 Å². The van der Waals surface area contributed by atoms with E-state index in [4.69, 9.17) is 9.97 Å². The molecule has 6 heteroatoms. The van der Waals surface area contributed by atoms with Crippen LogP contribution in [0.5, 0.6) is 0 Å². The molecule has 1 unspecified atom stereocenters. The molecule has 31 heavy (non-hydrogen) atoms. The van der Waals surface area contributed by atoms with Gasteiger partial charge in [0.15, 0.2) is 5.82 Å². The summed E-state index contributed by atoms with van der Waals surface area (Å²) < 4.78 is 0. The van der Waals surface area contributed by atoms with Gasteiger partial charge in [0.05, 0.1) is 12.5 Å². The summed E-state index contributed by atoms with van der Waals surface area (Å²) in [5.74, 6) is 2.01. The lowest BCUT2D eigenvalue weighted by Gasteiger charge is -2.35. The SMILES string of the molecule is Cc1nc(C2CCCCN2C(=O)CC(C)C)nc2c1CC(=O)N2CCc1ccccc1. The summed E-state index contributed by atoms with van der Waals surface area (Å²) >= 11 is 0. The molecule has 164 valence electrons. The van der Waals surface area contributed by atoms with Crippen molar-refractivity contribution in [2.45, 2.75) is 65.3 Å². The van der Waals surface area contributed by atoms with Crippen LogP contribution in [0.25, 0.3) is 0 Å². The first kappa shape index (κ1) is 21.5. The molecule has 0 radical (unpaired) electrons. The lowest BCUT2D eigenvalue weighted by molar-refractivity contribution is -0.136. The van der Waals surface area contributed by atoms with Crippen LogP contribution in [0.4, 0.5) is 5.82 Å². The maximum absolute atomic E-state index is 12.9. The fourth-order valence-electron chi connectivity index (χ4n) is 4.63. The molecule has 1 saturated heterocycles. The van der Waals surface area contributed by atoms with Gasteiger partial charge in [0.1, 0.15) is 5.82 Å². The molecule has 0 saturated carbocycles. The molecule has 4 rings (SSSR count). The number of hydrogen-bond acceptors (Lipinski definition) is 4. The number of aryl methyl sites for hydroxylation is 1. The van der Waals surface area contributed by atoms with Crippen LogP contribution in [0.15, 0.2) is 30.3 Å². The Morgan fingerprint density at radius 2 is 1.94 bits per heavy atom. The molecule has 1 atom stereocenters. The Morgan fingerprint density at radius 3 is 2.68 bits per heavy atom. The lowest BCUT2D eigenvalue weighted by Crippen LogP contribution is -2.40. The Kier molecular flexibility index (Phi) is 6.35. The van der Waals surface area contributed by atoms with E-state index in [1.54, 1.807) is 0 Å². The van der Waals surface area contributed by atoms with Crippen molar-refractivity contribution in [2.75, 3.05) is 18.0 Å². The minimum Gasteiger partial charge on any atom is -0.332 e. The number of aromatic nitrogens is 2. The molecule has 2 amide bonds. The third kappa shape index (κ3) is 4.63. The number of rotatable bonds is 6. The number of fused-ring (bicyclic) bond motifs is 1.